The van der Waals surface area contributed by atoms with Crippen LogP contribution in [0.4, 0.5) is 16.2 Å². The molecule has 0 bridgehead atoms. The summed E-state index contributed by atoms with van der Waals surface area (Å²) in [5.74, 6) is 0. The molecule has 2 N–H and O–H groups in total. The standard InChI is InChI=1S/C19H21N3O4/c23-12-11-21(18-10-3-6-14-5-1-2-9-17(14)18)19(24)20-15-7-4-8-16(13-15)22(25)26/h1-2,4-5,7-9,13,18,23H,3,6,10-12H2,(H,20,24)/t18-/m1/s1. The molecule has 7 nitrogen and oxygen atoms in total. The Hall–Kier alpha value is -2.93. The van der Waals surface area contributed by atoms with Gasteiger partial charge in [-0.1, -0.05) is 30.3 Å². The predicted molar refractivity (Wildman–Crippen MR) is 98.0 cm³/mol. The van der Waals surface area contributed by atoms with Gasteiger partial charge >= 0.3 is 6.03 Å². The van der Waals surface area contributed by atoms with Crippen molar-refractivity contribution in [3.63, 3.8) is 0 Å². The van der Waals surface area contributed by atoms with E-state index in [1.807, 2.05) is 18.2 Å². The molecule has 0 spiro atoms. The first-order valence-corrected chi connectivity index (χ1v) is 8.61. The number of nitrogens with one attached hydrogen (secondary N) is 1. The highest BCUT2D eigenvalue weighted by molar-refractivity contribution is 5.90. The predicted octanol–water partition coefficient (Wildman–Crippen LogP) is 3.50. The van der Waals surface area contributed by atoms with E-state index in [4.69, 9.17) is 0 Å². The number of nitro benzene ring substituents is 1. The Morgan fingerprint density at radius 3 is 2.85 bits per heavy atom. The van der Waals surface area contributed by atoms with Crippen LogP contribution in [0.25, 0.3) is 0 Å². The van der Waals surface area contributed by atoms with Crippen LogP contribution in [0.15, 0.2) is 48.5 Å². The molecule has 26 heavy (non-hydrogen) atoms. The highest BCUT2D eigenvalue weighted by Crippen LogP contribution is 2.34. The molecule has 1 atom stereocenters. The van der Waals surface area contributed by atoms with E-state index in [1.54, 1.807) is 11.0 Å². The van der Waals surface area contributed by atoms with Gasteiger partial charge in [-0.2, -0.15) is 0 Å². The fourth-order valence-electron chi connectivity index (χ4n) is 3.45. The first-order chi connectivity index (χ1) is 12.6. The van der Waals surface area contributed by atoms with Crippen molar-refractivity contribution in [3.05, 3.63) is 69.8 Å². The number of aryl methyl sites for hydroxylation is 1. The van der Waals surface area contributed by atoms with Crippen LogP contribution in [0.3, 0.4) is 0 Å². The molecule has 0 heterocycles. The summed E-state index contributed by atoms with van der Waals surface area (Å²) in [4.78, 5) is 24.8. The maximum absolute atomic E-state index is 12.8. The van der Waals surface area contributed by atoms with Crippen LogP contribution in [0.5, 0.6) is 0 Å². The lowest BCUT2D eigenvalue weighted by Gasteiger charge is -2.35. The van der Waals surface area contributed by atoms with Gasteiger partial charge in [0.1, 0.15) is 0 Å². The molecule has 0 fully saturated rings. The molecule has 1 aliphatic rings. The number of nitro groups is 1. The third kappa shape index (κ3) is 3.83. The number of nitrogens with zero attached hydrogens (tertiary/aromatic N) is 2. The molecule has 136 valence electrons. The number of carbonyl (C=O) groups excluding carboxylic acids is 1. The second-order valence-electron chi connectivity index (χ2n) is 6.26. The molecule has 0 aromatic heterocycles. The Balaban J connectivity index is 1.83. The zero-order valence-corrected chi connectivity index (χ0v) is 14.3. The van der Waals surface area contributed by atoms with Crippen LogP contribution in [0, 0.1) is 10.1 Å². The molecule has 2 aromatic carbocycles. The molecule has 0 saturated carbocycles. The van der Waals surface area contributed by atoms with Gasteiger partial charge in [-0.05, 0) is 36.5 Å². The Bertz CT molecular complexity index is 809. The summed E-state index contributed by atoms with van der Waals surface area (Å²) < 4.78 is 0. The molecule has 3 rings (SSSR count). The fourth-order valence-corrected chi connectivity index (χ4v) is 3.45. The van der Waals surface area contributed by atoms with E-state index >= 15 is 0 Å². The molecule has 7 heteroatoms. The Labute approximate surface area is 151 Å². The normalized spacial score (nSPS) is 15.8. The number of carbonyl (C=O) groups is 1. The number of aliphatic hydroxyl groups excluding tert-OH is 1. The number of urea groups is 1. The third-order valence-corrected chi connectivity index (χ3v) is 4.62. The van der Waals surface area contributed by atoms with Gasteiger partial charge in [-0.3, -0.25) is 10.1 Å². The van der Waals surface area contributed by atoms with Crippen LogP contribution in [-0.4, -0.2) is 34.1 Å². The van der Waals surface area contributed by atoms with E-state index in [9.17, 15) is 20.0 Å². The van der Waals surface area contributed by atoms with E-state index in [0.717, 1.165) is 24.8 Å². The summed E-state index contributed by atoms with van der Waals surface area (Å²) in [6.07, 6.45) is 2.76. The average molecular weight is 355 g/mol. The number of benzene rings is 2. The van der Waals surface area contributed by atoms with E-state index in [-0.39, 0.29) is 30.9 Å². The van der Waals surface area contributed by atoms with Gasteiger partial charge in [-0.15, -0.1) is 0 Å². The summed E-state index contributed by atoms with van der Waals surface area (Å²) in [5.41, 5.74) is 2.59. The van der Waals surface area contributed by atoms with Gasteiger partial charge in [0.25, 0.3) is 5.69 Å². The molecule has 2 aromatic rings. The maximum atomic E-state index is 12.8. The number of non-ortho nitro benzene ring substituents is 1. The van der Waals surface area contributed by atoms with Crippen LogP contribution < -0.4 is 5.32 Å². The van der Waals surface area contributed by atoms with Crippen molar-refractivity contribution in [2.75, 3.05) is 18.5 Å². The second-order valence-corrected chi connectivity index (χ2v) is 6.26. The Morgan fingerprint density at radius 1 is 1.27 bits per heavy atom. The van der Waals surface area contributed by atoms with Crippen molar-refractivity contribution in [2.24, 2.45) is 0 Å². The van der Waals surface area contributed by atoms with E-state index in [2.05, 4.69) is 11.4 Å². The van der Waals surface area contributed by atoms with Crippen molar-refractivity contribution in [1.82, 2.24) is 4.90 Å². The molecule has 0 aliphatic heterocycles. The molecule has 2 amide bonds. The lowest BCUT2D eigenvalue weighted by Crippen LogP contribution is -2.41. The highest BCUT2D eigenvalue weighted by atomic mass is 16.6. The van der Waals surface area contributed by atoms with Crippen molar-refractivity contribution < 1.29 is 14.8 Å². The topological polar surface area (TPSA) is 95.7 Å². The van der Waals surface area contributed by atoms with Gasteiger partial charge in [0.05, 0.1) is 17.6 Å². The Morgan fingerprint density at radius 2 is 2.08 bits per heavy atom. The summed E-state index contributed by atoms with van der Waals surface area (Å²) in [7, 11) is 0. The molecule has 1 aliphatic carbocycles. The minimum atomic E-state index is -0.501. The number of hydrogen-bond donors (Lipinski definition) is 2. The number of anilines is 1. The van der Waals surface area contributed by atoms with Gasteiger partial charge in [0, 0.05) is 24.4 Å². The highest BCUT2D eigenvalue weighted by Gasteiger charge is 2.29. The SMILES string of the molecule is O=C(Nc1cccc([N+](=O)[O-])c1)N(CCO)[C@@H]1CCCc2ccccc21. The van der Waals surface area contributed by atoms with E-state index in [0.29, 0.717) is 5.69 Å². The second kappa shape index (κ2) is 7.97. The molecule has 0 saturated heterocycles. The van der Waals surface area contributed by atoms with Crippen LogP contribution >= 0.6 is 0 Å². The van der Waals surface area contributed by atoms with Gasteiger partial charge < -0.3 is 15.3 Å². The largest absolute Gasteiger partial charge is 0.395 e. The summed E-state index contributed by atoms with van der Waals surface area (Å²) >= 11 is 0. The van der Waals surface area contributed by atoms with Gasteiger partial charge in [0.15, 0.2) is 0 Å². The lowest BCUT2D eigenvalue weighted by atomic mass is 9.87. The smallest absolute Gasteiger partial charge is 0.322 e. The van der Waals surface area contributed by atoms with Gasteiger partial charge in [-0.25, -0.2) is 4.79 Å². The number of rotatable bonds is 5. The van der Waals surface area contributed by atoms with Gasteiger partial charge in [0.2, 0.25) is 0 Å². The maximum Gasteiger partial charge on any atom is 0.322 e. The fraction of sp³-hybridized carbons (Fsp3) is 0.316. The summed E-state index contributed by atoms with van der Waals surface area (Å²) in [6, 6.07) is 13.4. The lowest BCUT2D eigenvalue weighted by molar-refractivity contribution is -0.384. The quantitative estimate of drug-likeness (QED) is 0.634. The zero-order chi connectivity index (χ0) is 18.5. The number of fused-ring (bicyclic) bond motifs is 1. The van der Waals surface area contributed by atoms with Crippen molar-refractivity contribution >= 4 is 17.4 Å². The van der Waals surface area contributed by atoms with Crippen molar-refractivity contribution in [2.45, 2.75) is 25.3 Å². The summed E-state index contributed by atoms with van der Waals surface area (Å²) in [5, 5.41) is 23.1. The van der Waals surface area contributed by atoms with Crippen molar-refractivity contribution in [3.8, 4) is 0 Å². The molecular formula is C19H21N3O4. The molecule has 0 radical (unpaired) electrons. The number of amides is 2. The molecular weight excluding hydrogens is 334 g/mol. The number of hydrogen-bond acceptors (Lipinski definition) is 4. The summed E-state index contributed by atoms with van der Waals surface area (Å²) in [6.45, 7) is 0.0424. The zero-order valence-electron chi connectivity index (χ0n) is 14.3. The number of aliphatic hydroxyl groups is 1. The van der Waals surface area contributed by atoms with Crippen LogP contribution in [-0.2, 0) is 6.42 Å². The molecule has 0 unspecified atom stereocenters. The van der Waals surface area contributed by atoms with Crippen LogP contribution in [0.2, 0.25) is 0 Å². The average Bonchev–Trinajstić information content (AvgIpc) is 2.66. The van der Waals surface area contributed by atoms with Crippen LogP contribution in [0.1, 0.15) is 30.0 Å². The first kappa shape index (κ1) is 17.9. The third-order valence-electron chi connectivity index (χ3n) is 4.62. The monoisotopic (exact) mass is 355 g/mol. The first-order valence-electron chi connectivity index (χ1n) is 8.61. The minimum Gasteiger partial charge on any atom is -0.395 e. The van der Waals surface area contributed by atoms with E-state index < -0.39 is 4.92 Å². The minimum absolute atomic E-state index is 0.0838. The van der Waals surface area contributed by atoms with Crippen molar-refractivity contribution in [1.29, 1.82) is 0 Å². The van der Waals surface area contributed by atoms with E-state index in [1.165, 1.54) is 23.8 Å². The Kier molecular flexibility index (Phi) is 5.48.